The van der Waals surface area contributed by atoms with Crippen LogP contribution in [0.3, 0.4) is 0 Å². The molecule has 0 saturated heterocycles. The van der Waals surface area contributed by atoms with E-state index in [1.54, 1.807) is 18.2 Å². The van der Waals surface area contributed by atoms with Gasteiger partial charge in [0.1, 0.15) is 16.9 Å². The van der Waals surface area contributed by atoms with Gasteiger partial charge in [0.25, 0.3) is 5.56 Å². The predicted molar refractivity (Wildman–Crippen MR) is 108 cm³/mol. The van der Waals surface area contributed by atoms with E-state index in [9.17, 15) is 9.90 Å². The number of hydrogen-bond acceptors (Lipinski definition) is 5. The molecule has 0 aliphatic carbocycles. The van der Waals surface area contributed by atoms with Gasteiger partial charge in [-0.1, -0.05) is 46.3 Å². The van der Waals surface area contributed by atoms with Gasteiger partial charge in [0.2, 0.25) is 0 Å². The Morgan fingerprint density at radius 1 is 1.19 bits per heavy atom. The first kappa shape index (κ1) is 16.7. The van der Waals surface area contributed by atoms with Crippen LogP contribution < -0.4 is 5.56 Å². The Hall–Kier alpha value is -2.77. The maximum atomic E-state index is 12.9. The molecule has 128 valence electrons. The highest BCUT2D eigenvalue weighted by molar-refractivity contribution is 9.10. The summed E-state index contributed by atoms with van der Waals surface area (Å²) in [6.07, 6.45) is 2.82. The number of benzene rings is 2. The average molecular weight is 426 g/mol. The van der Waals surface area contributed by atoms with E-state index >= 15 is 0 Å². The van der Waals surface area contributed by atoms with Crippen molar-refractivity contribution in [1.29, 1.82) is 0 Å². The number of rotatable bonds is 3. The van der Waals surface area contributed by atoms with E-state index in [0.29, 0.717) is 15.8 Å². The van der Waals surface area contributed by atoms with Crippen molar-refractivity contribution in [3.05, 3.63) is 80.6 Å². The smallest absolute Gasteiger partial charge is 0.283 e. The first-order chi connectivity index (χ1) is 12.6. The molecule has 7 heteroatoms. The Labute approximate surface area is 161 Å². The molecule has 0 bridgehead atoms. The summed E-state index contributed by atoms with van der Waals surface area (Å²) in [5.74, 6) is 0.0829. The summed E-state index contributed by atoms with van der Waals surface area (Å²) in [6, 6.07) is 14.7. The summed E-state index contributed by atoms with van der Waals surface area (Å²) < 4.78 is 1.99. The minimum atomic E-state index is -0.249. The number of halogens is 1. The largest absolute Gasteiger partial charge is 0.507 e. The van der Waals surface area contributed by atoms with Crippen LogP contribution in [0, 0.1) is 0 Å². The summed E-state index contributed by atoms with van der Waals surface area (Å²) in [4.78, 5) is 17.9. The van der Waals surface area contributed by atoms with Crippen molar-refractivity contribution in [2.24, 2.45) is 5.10 Å². The van der Waals surface area contributed by atoms with Gasteiger partial charge in [0.05, 0.1) is 11.6 Å². The van der Waals surface area contributed by atoms with E-state index in [4.69, 9.17) is 0 Å². The lowest BCUT2D eigenvalue weighted by Crippen LogP contribution is -2.16. The number of aromatic nitrogens is 2. The third-order valence-electron chi connectivity index (χ3n) is 3.87. The standard InChI is InChI=1S/C19H12BrN3O2S/c20-14-6-7-16(24)13(8-14)9-22-23-11-21-18-17(19(23)25)15(10-26-18)12-4-2-1-3-5-12/h1-11,24H/b22-9+. The van der Waals surface area contributed by atoms with E-state index in [1.165, 1.54) is 28.6 Å². The number of nitrogens with zero attached hydrogens (tertiary/aromatic N) is 3. The monoisotopic (exact) mass is 425 g/mol. The number of thiophene rings is 1. The molecule has 1 N–H and O–H groups in total. The highest BCUT2D eigenvalue weighted by Crippen LogP contribution is 2.30. The van der Waals surface area contributed by atoms with Gasteiger partial charge < -0.3 is 5.11 Å². The van der Waals surface area contributed by atoms with E-state index in [0.717, 1.165) is 15.6 Å². The van der Waals surface area contributed by atoms with Gasteiger partial charge in [0, 0.05) is 21.0 Å². The second-order valence-corrected chi connectivity index (χ2v) is 7.31. The number of phenolic OH excluding ortho intramolecular Hbond substituents is 1. The van der Waals surface area contributed by atoms with Crippen molar-refractivity contribution in [2.45, 2.75) is 0 Å². The minimum Gasteiger partial charge on any atom is -0.507 e. The van der Waals surface area contributed by atoms with E-state index in [1.807, 2.05) is 35.7 Å². The maximum absolute atomic E-state index is 12.9. The van der Waals surface area contributed by atoms with Crippen LogP contribution in [0.2, 0.25) is 0 Å². The Bertz CT molecular complexity index is 1180. The van der Waals surface area contributed by atoms with Crippen LogP contribution >= 0.6 is 27.3 Å². The molecule has 0 saturated carbocycles. The molecule has 0 aliphatic heterocycles. The van der Waals surface area contributed by atoms with Crippen LogP contribution in [-0.2, 0) is 0 Å². The van der Waals surface area contributed by atoms with Crippen LogP contribution in [0.5, 0.6) is 5.75 Å². The van der Waals surface area contributed by atoms with Crippen molar-refractivity contribution in [3.8, 4) is 16.9 Å². The van der Waals surface area contributed by atoms with Crippen LogP contribution in [0.4, 0.5) is 0 Å². The average Bonchev–Trinajstić information content (AvgIpc) is 3.09. The molecule has 4 rings (SSSR count). The lowest BCUT2D eigenvalue weighted by molar-refractivity contribution is 0.474. The summed E-state index contributed by atoms with van der Waals surface area (Å²) >= 11 is 4.78. The zero-order valence-corrected chi connectivity index (χ0v) is 15.7. The summed E-state index contributed by atoms with van der Waals surface area (Å²) in [6.45, 7) is 0. The molecule has 0 fully saturated rings. The third kappa shape index (κ3) is 3.07. The molecule has 0 aliphatic rings. The number of phenols is 1. The van der Waals surface area contributed by atoms with Crippen molar-refractivity contribution < 1.29 is 5.11 Å². The van der Waals surface area contributed by atoms with Gasteiger partial charge in [-0.2, -0.15) is 9.78 Å². The number of hydrogen-bond donors (Lipinski definition) is 1. The molecule has 2 heterocycles. The van der Waals surface area contributed by atoms with Crippen molar-refractivity contribution >= 4 is 43.7 Å². The fraction of sp³-hybridized carbons (Fsp3) is 0. The predicted octanol–water partition coefficient (Wildman–Crippen LogP) is 4.48. The molecule has 0 amide bonds. The van der Waals surface area contributed by atoms with Gasteiger partial charge >= 0.3 is 0 Å². The van der Waals surface area contributed by atoms with E-state index < -0.39 is 0 Å². The Morgan fingerprint density at radius 2 is 2.00 bits per heavy atom. The zero-order valence-electron chi connectivity index (χ0n) is 13.3. The Morgan fingerprint density at radius 3 is 2.81 bits per heavy atom. The van der Waals surface area contributed by atoms with Crippen molar-refractivity contribution in [3.63, 3.8) is 0 Å². The Balaban J connectivity index is 1.82. The number of fused-ring (bicyclic) bond motifs is 1. The molecule has 0 spiro atoms. The van der Waals surface area contributed by atoms with Crippen LogP contribution in [0.15, 0.2) is 74.6 Å². The van der Waals surface area contributed by atoms with Gasteiger partial charge in [-0.3, -0.25) is 4.79 Å². The van der Waals surface area contributed by atoms with Gasteiger partial charge in [0.15, 0.2) is 0 Å². The van der Waals surface area contributed by atoms with Crippen LogP contribution in [0.1, 0.15) is 5.56 Å². The zero-order chi connectivity index (χ0) is 18.1. The minimum absolute atomic E-state index is 0.0829. The van der Waals surface area contributed by atoms with Crippen LogP contribution in [0.25, 0.3) is 21.3 Å². The topological polar surface area (TPSA) is 67.5 Å². The highest BCUT2D eigenvalue weighted by Gasteiger charge is 2.12. The molecular formula is C19H12BrN3O2S. The van der Waals surface area contributed by atoms with Gasteiger partial charge in [-0.15, -0.1) is 11.3 Å². The van der Waals surface area contributed by atoms with Gasteiger partial charge in [-0.25, -0.2) is 4.98 Å². The second kappa shape index (κ2) is 6.86. The molecule has 26 heavy (non-hydrogen) atoms. The molecule has 0 unspecified atom stereocenters. The maximum Gasteiger partial charge on any atom is 0.283 e. The quantitative estimate of drug-likeness (QED) is 0.492. The first-order valence-electron chi connectivity index (χ1n) is 7.70. The fourth-order valence-corrected chi connectivity index (χ4v) is 3.87. The summed E-state index contributed by atoms with van der Waals surface area (Å²) in [7, 11) is 0. The van der Waals surface area contributed by atoms with Crippen molar-refractivity contribution in [2.75, 3.05) is 0 Å². The molecule has 2 aromatic carbocycles. The normalized spacial score (nSPS) is 11.4. The lowest BCUT2D eigenvalue weighted by atomic mass is 10.1. The molecular weight excluding hydrogens is 414 g/mol. The molecule has 0 atom stereocenters. The lowest BCUT2D eigenvalue weighted by Gasteiger charge is -2.02. The SMILES string of the molecule is O=c1c2c(-c3ccccc3)csc2ncn1/N=C/c1cc(Br)ccc1O. The molecule has 0 radical (unpaired) electrons. The summed E-state index contributed by atoms with van der Waals surface area (Å²) in [5, 5.41) is 16.6. The molecule has 2 aromatic heterocycles. The van der Waals surface area contributed by atoms with E-state index in [-0.39, 0.29) is 11.3 Å². The summed E-state index contributed by atoms with van der Waals surface area (Å²) in [5.41, 5.74) is 2.06. The molecule has 5 nitrogen and oxygen atoms in total. The van der Waals surface area contributed by atoms with Crippen LogP contribution in [-0.4, -0.2) is 21.0 Å². The third-order valence-corrected chi connectivity index (χ3v) is 5.25. The molecule has 4 aromatic rings. The van der Waals surface area contributed by atoms with Crippen molar-refractivity contribution in [1.82, 2.24) is 9.66 Å². The number of aromatic hydroxyl groups is 1. The van der Waals surface area contributed by atoms with E-state index in [2.05, 4.69) is 26.0 Å². The highest BCUT2D eigenvalue weighted by atomic mass is 79.9. The first-order valence-corrected chi connectivity index (χ1v) is 9.38. The second-order valence-electron chi connectivity index (χ2n) is 5.54. The fourth-order valence-electron chi connectivity index (χ4n) is 2.59. The van der Waals surface area contributed by atoms with Gasteiger partial charge in [-0.05, 0) is 23.8 Å². The Kier molecular flexibility index (Phi) is 4.40.